The summed E-state index contributed by atoms with van der Waals surface area (Å²) < 4.78 is 44.3. The summed E-state index contributed by atoms with van der Waals surface area (Å²) in [4.78, 5) is 17.4. The van der Waals surface area contributed by atoms with Crippen molar-refractivity contribution in [2.45, 2.75) is 37.0 Å². The summed E-state index contributed by atoms with van der Waals surface area (Å²) in [5.41, 5.74) is 1.94. The molecule has 0 bridgehead atoms. The molecule has 0 saturated heterocycles. The molecule has 1 aromatic carbocycles. The van der Waals surface area contributed by atoms with Gasteiger partial charge in [0.25, 0.3) is 5.56 Å². The maximum Gasteiger partial charge on any atom is 0.398 e. The van der Waals surface area contributed by atoms with E-state index in [1.54, 1.807) is 6.07 Å². The van der Waals surface area contributed by atoms with Crippen molar-refractivity contribution in [1.82, 2.24) is 9.55 Å². The molecule has 8 heteroatoms. The number of hydrogen-bond donors (Lipinski definition) is 0. The Hall–Kier alpha value is -1.96. The van der Waals surface area contributed by atoms with Gasteiger partial charge in [-0.3, -0.25) is 9.36 Å². The van der Waals surface area contributed by atoms with E-state index < -0.39 is 17.3 Å². The first-order chi connectivity index (χ1) is 12.0. The third kappa shape index (κ3) is 3.34. The molecule has 0 N–H and O–H groups in total. The smallest absolute Gasteiger partial charge is 0.398 e. The number of methoxy groups -OCH3 is 1. The molecular weight excluding hydrogens is 365 g/mol. The van der Waals surface area contributed by atoms with Crippen molar-refractivity contribution in [3.05, 3.63) is 39.7 Å². The lowest BCUT2D eigenvalue weighted by Gasteiger charge is -2.33. The summed E-state index contributed by atoms with van der Waals surface area (Å²) in [7, 11) is 3.00. The fraction of sp³-hybridized carbons (Fsp3) is 0.444. The number of rotatable bonds is 3. The van der Waals surface area contributed by atoms with Crippen LogP contribution in [0.15, 0.2) is 28.2 Å². The minimum atomic E-state index is -4.33. The maximum atomic E-state index is 12.9. The monoisotopic (exact) mass is 384 g/mol. The van der Waals surface area contributed by atoms with E-state index in [2.05, 4.69) is 4.98 Å². The van der Waals surface area contributed by atoms with Crippen molar-refractivity contribution >= 4 is 11.8 Å². The average molecular weight is 384 g/mol. The van der Waals surface area contributed by atoms with Crippen LogP contribution in [0.1, 0.15) is 25.0 Å². The highest BCUT2D eigenvalue weighted by atomic mass is 32.2. The lowest BCUT2D eigenvalue weighted by molar-refractivity contribution is -0.105. The summed E-state index contributed by atoms with van der Waals surface area (Å²) in [5, 5.41) is 0.0533. The normalized spacial score (nSPS) is 15.3. The highest BCUT2D eigenvalue weighted by Gasteiger charge is 2.36. The highest BCUT2D eigenvalue weighted by molar-refractivity contribution is 7.99. The third-order valence-electron chi connectivity index (χ3n) is 4.50. The quantitative estimate of drug-likeness (QED) is 0.594. The van der Waals surface area contributed by atoms with Crippen LogP contribution in [0.3, 0.4) is 0 Å². The Balaban J connectivity index is 2.22. The number of halogens is 3. The van der Waals surface area contributed by atoms with Crippen molar-refractivity contribution in [3.8, 4) is 17.0 Å². The second kappa shape index (κ2) is 6.33. The Morgan fingerprint density at radius 2 is 2.04 bits per heavy atom. The van der Waals surface area contributed by atoms with E-state index in [0.717, 1.165) is 11.1 Å². The molecule has 1 aliphatic carbocycles. The molecule has 0 atom stereocenters. The lowest BCUT2D eigenvalue weighted by Crippen LogP contribution is -2.37. The Morgan fingerprint density at radius 3 is 2.65 bits per heavy atom. The van der Waals surface area contributed by atoms with Gasteiger partial charge in [-0.15, -0.1) is 0 Å². The SMILES string of the molecule is COc1ccc2c(c1)-c1nc(SCC(F)(F)F)n(C)c(=O)c1C(C)(C)C2. The van der Waals surface area contributed by atoms with Crippen molar-refractivity contribution < 1.29 is 17.9 Å². The van der Waals surface area contributed by atoms with Gasteiger partial charge in [-0.2, -0.15) is 13.2 Å². The van der Waals surface area contributed by atoms with Crippen LogP contribution in [-0.4, -0.2) is 28.6 Å². The van der Waals surface area contributed by atoms with Gasteiger partial charge in [0.1, 0.15) is 5.75 Å². The zero-order chi connectivity index (χ0) is 19.3. The number of thioether (sulfide) groups is 1. The van der Waals surface area contributed by atoms with E-state index in [1.165, 1.54) is 18.7 Å². The summed E-state index contributed by atoms with van der Waals surface area (Å²) in [5.74, 6) is -0.484. The van der Waals surface area contributed by atoms with E-state index in [1.807, 2.05) is 26.0 Å². The summed E-state index contributed by atoms with van der Waals surface area (Å²) in [6, 6.07) is 5.54. The molecule has 0 spiro atoms. The van der Waals surface area contributed by atoms with Crippen LogP contribution in [0.4, 0.5) is 13.2 Å². The number of hydrogen-bond acceptors (Lipinski definition) is 4. The van der Waals surface area contributed by atoms with Gasteiger partial charge in [0, 0.05) is 23.6 Å². The largest absolute Gasteiger partial charge is 0.497 e. The van der Waals surface area contributed by atoms with Gasteiger partial charge in [0.15, 0.2) is 5.16 Å². The summed E-state index contributed by atoms with van der Waals surface area (Å²) >= 11 is 0.521. The second-order valence-corrected chi connectivity index (χ2v) is 7.91. The Labute approximate surface area is 153 Å². The first-order valence-corrected chi connectivity index (χ1v) is 9.00. The predicted octanol–water partition coefficient (Wildman–Crippen LogP) is 3.94. The first kappa shape index (κ1) is 18.8. The van der Waals surface area contributed by atoms with Crippen molar-refractivity contribution in [3.63, 3.8) is 0 Å². The molecule has 0 fully saturated rings. The van der Waals surface area contributed by atoms with Gasteiger partial charge >= 0.3 is 6.18 Å². The lowest BCUT2D eigenvalue weighted by atomic mass is 9.72. The number of alkyl halides is 3. The molecule has 3 rings (SSSR count). The first-order valence-electron chi connectivity index (χ1n) is 8.02. The fourth-order valence-corrected chi connectivity index (χ4v) is 4.01. The highest BCUT2D eigenvalue weighted by Crippen LogP contribution is 2.42. The van der Waals surface area contributed by atoms with Crippen molar-refractivity contribution in [2.24, 2.45) is 7.05 Å². The zero-order valence-corrected chi connectivity index (χ0v) is 15.7. The molecule has 0 aliphatic heterocycles. The molecule has 0 saturated carbocycles. The maximum absolute atomic E-state index is 12.9. The minimum absolute atomic E-state index is 0.0533. The van der Waals surface area contributed by atoms with Gasteiger partial charge in [-0.25, -0.2) is 4.98 Å². The van der Waals surface area contributed by atoms with Gasteiger partial charge in [0.05, 0.1) is 18.6 Å². The Kier molecular flexibility index (Phi) is 4.58. The Morgan fingerprint density at radius 1 is 1.35 bits per heavy atom. The van der Waals surface area contributed by atoms with Crippen LogP contribution in [-0.2, 0) is 18.9 Å². The van der Waals surface area contributed by atoms with Crippen LogP contribution in [0.5, 0.6) is 5.75 Å². The minimum Gasteiger partial charge on any atom is -0.497 e. The molecule has 1 heterocycles. The summed E-state index contributed by atoms with van der Waals surface area (Å²) in [6.07, 6.45) is -3.69. The third-order valence-corrected chi connectivity index (χ3v) is 5.59. The second-order valence-electron chi connectivity index (χ2n) is 6.97. The molecular formula is C18H19F3N2O2S. The van der Waals surface area contributed by atoms with Crippen LogP contribution >= 0.6 is 11.8 Å². The molecule has 26 heavy (non-hydrogen) atoms. The molecule has 0 amide bonds. The molecule has 1 aromatic heterocycles. The Bertz CT molecular complexity index is 920. The van der Waals surface area contributed by atoms with E-state index in [-0.39, 0.29) is 10.7 Å². The van der Waals surface area contributed by atoms with Crippen LogP contribution < -0.4 is 10.3 Å². The van der Waals surface area contributed by atoms with Crippen LogP contribution in [0.2, 0.25) is 0 Å². The molecule has 2 aromatic rings. The van der Waals surface area contributed by atoms with Crippen molar-refractivity contribution in [2.75, 3.05) is 12.9 Å². The molecule has 0 unspecified atom stereocenters. The number of fused-ring (bicyclic) bond motifs is 3. The van der Waals surface area contributed by atoms with E-state index in [9.17, 15) is 18.0 Å². The van der Waals surface area contributed by atoms with Gasteiger partial charge < -0.3 is 4.74 Å². The number of benzene rings is 1. The molecule has 0 radical (unpaired) electrons. The molecule has 140 valence electrons. The van der Waals surface area contributed by atoms with E-state index in [4.69, 9.17) is 4.74 Å². The van der Waals surface area contributed by atoms with E-state index >= 15 is 0 Å². The topological polar surface area (TPSA) is 44.1 Å². The fourth-order valence-electron chi connectivity index (χ4n) is 3.28. The molecule has 4 nitrogen and oxygen atoms in total. The number of aromatic nitrogens is 2. The molecule has 1 aliphatic rings. The van der Waals surface area contributed by atoms with Gasteiger partial charge in [-0.1, -0.05) is 31.7 Å². The number of nitrogens with zero attached hydrogens (tertiary/aromatic N) is 2. The van der Waals surface area contributed by atoms with Crippen molar-refractivity contribution in [1.29, 1.82) is 0 Å². The summed E-state index contributed by atoms with van der Waals surface area (Å²) in [6.45, 7) is 3.90. The van der Waals surface area contributed by atoms with E-state index in [0.29, 0.717) is 35.2 Å². The van der Waals surface area contributed by atoms with Gasteiger partial charge in [0.2, 0.25) is 0 Å². The standard InChI is InChI=1S/C18H19F3N2O2S/c1-17(2)8-10-5-6-11(25-4)7-12(10)14-13(17)15(24)23(3)16(22-14)26-9-18(19,20)21/h5-7H,8-9H2,1-4H3. The van der Waals surface area contributed by atoms with Gasteiger partial charge in [-0.05, 0) is 24.1 Å². The van der Waals surface area contributed by atoms with Crippen LogP contribution in [0, 0.1) is 0 Å². The average Bonchev–Trinajstić information content (AvgIpc) is 2.54. The zero-order valence-electron chi connectivity index (χ0n) is 14.9. The van der Waals surface area contributed by atoms with Crippen LogP contribution in [0.25, 0.3) is 11.3 Å². The predicted molar refractivity (Wildman–Crippen MR) is 95.0 cm³/mol. The number of ether oxygens (including phenoxy) is 1.